The number of hydrogen-bond acceptors (Lipinski definition) is 5. The molecule has 0 fully saturated rings. The van der Waals surface area contributed by atoms with Gasteiger partial charge in [-0.15, -0.1) is 0 Å². The van der Waals surface area contributed by atoms with Gasteiger partial charge in [-0.2, -0.15) is 4.98 Å². The van der Waals surface area contributed by atoms with Crippen LogP contribution < -0.4 is 11.0 Å². The van der Waals surface area contributed by atoms with Crippen LogP contribution in [0.1, 0.15) is 31.3 Å². The maximum Gasteiger partial charge on any atom is 0.329 e. The van der Waals surface area contributed by atoms with E-state index in [2.05, 4.69) is 15.5 Å². The third-order valence-corrected chi connectivity index (χ3v) is 5.43. The molecule has 0 spiro atoms. The molecule has 0 radical (unpaired) electrons. The number of fused-ring (bicyclic) bond motifs is 1. The molecule has 1 amide bonds. The highest BCUT2D eigenvalue weighted by Crippen LogP contribution is 2.24. The summed E-state index contributed by atoms with van der Waals surface area (Å²) in [4.78, 5) is 30.1. The van der Waals surface area contributed by atoms with Crippen molar-refractivity contribution in [1.29, 1.82) is 0 Å². The van der Waals surface area contributed by atoms with Crippen molar-refractivity contribution in [2.45, 2.75) is 40.3 Å². The zero-order valence-electron chi connectivity index (χ0n) is 17.6. The third kappa shape index (κ3) is 3.98. The second-order valence-electron chi connectivity index (χ2n) is 7.69. The number of carbonyl (C=O) groups is 1. The van der Waals surface area contributed by atoms with Crippen LogP contribution >= 0.6 is 11.6 Å². The normalized spacial score (nSPS) is 11.4. The van der Waals surface area contributed by atoms with Crippen molar-refractivity contribution >= 4 is 34.2 Å². The predicted octanol–water partition coefficient (Wildman–Crippen LogP) is 4.34. The predicted molar refractivity (Wildman–Crippen MR) is 119 cm³/mol. The van der Waals surface area contributed by atoms with Gasteiger partial charge >= 0.3 is 5.69 Å². The smallest absolute Gasteiger partial charge is 0.329 e. The van der Waals surface area contributed by atoms with Gasteiger partial charge in [0.2, 0.25) is 17.6 Å². The number of carbonyl (C=O) groups excluding carboxylic acids is 1. The van der Waals surface area contributed by atoms with Crippen molar-refractivity contribution in [3.8, 4) is 11.4 Å². The van der Waals surface area contributed by atoms with Crippen LogP contribution in [0.2, 0.25) is 5.02 Å². The molecule has 0 aliphatic carbocycles. The summed E-state index contributed by atoms with van der Waals surface area (Å²) in [5, 5.41) is 7.31. The molecule has 0 atom stereocenters. The summed E-state index contributed by atoms with van der Waals surface area (Å²) >= 11 is 6.15. The minimum absolute atomic E-state index is 0.0755. The Hall–Kier alpha value is -3.39. The summed E-state index contributed by atoms with van der Waals surface area (Å²) in [5.74, 6) is 0.545. The maximum absolute atomic E-state index is 13.1. The molecule has 0 unspecified atom stereocenters. The van der Waals surface area contributed by atoms with Gasteiger partial charge in [0, 0.05) is 29.2 Å². The molecule has 4 aromatic rings. The van der Waals surface area contributed by atoms with Crippen molar-refractivity contribution in [1.82, 2.24) is 19.3 Å². The van der Waals surface area contributed by atoms with Crippen molar-refractivity contribution in [2.75, 3.05) is 5.32 Å². The number of nitrogens with zero attached hydrogens (tertiary/aromatic N) is 4. The van der Waals surface area contributed by atoms with Gasteiger partial charge in [-0.25, -0.2) is 4.79 Å². The number of benzene rings is 2. The van der Waals surface area contributed by atoms with Crippen LogP contribution in [0.25, 0.3) is 22.4 Å². The van der Waals surface area contributed by atoms with Crippen LogP contribution in [0.3, 0.4) is 0 Å². The van der Waals surface area contributed by atoms with Gasteiger partial charge in [0.15, 0.2) is 0 Å². The summed E-state index contributed by atoms with van der Waals surface area (Å²) < 4.78 is 8.19. The molecule has 2 aromatic carbocycles. The van der Waals surface area contributed by atoms with E-state index in [-0.39, 0.29) is 24.2 Å². The van der Waals surface area contributed by atoms with Gasteiger partial charge in [-0.1, -0.05) is 22.8 Å². The Balaban J connectivity index is 1.74. The first-order valence-corrected chi connectivity index (χ1v) is 10.2. The van der Waals surface area contributed by atoms with Crippen LogP contribution in [-0.4, -0.2) is 25.2 Å². The standard InChI is InChI=1S/C22H22ClN5O3/c1-12(2)28-18-8-6-15(21-24-14(4)31-26-21)9-19(18)27(22(28)30)11-20(29)25-16-7-5-13(3)17(23)10-16/h5-10,12H,11H2,1-4H3,(H,25,29). The molecular formula is C22H22ClN5O3. The molecule has 0 saturated carbocycles. The summed E-state index contributed by atoms with van der Waals surface area (Å²) in [5.41, 5.74) is 3.28. The molecule has 2 heterocycles. The van der Waals surface area contributed by atoms with Crippen LogP contribution in [-0.2, 0) is 11.3 Å². The molecule has 0 bridgehead atoms. The van der Waals surface area contributed by atoms with Crippen LogP contribution in [0.4, 0.5) is 5.69 Å². The van der Waals surface area contributed by atoms with Gasteiger partial charge in [0.05, 0.1) is 11.0 Å². The molecule has 9 heteroatoms. The molecule has 0 aliphatic rings. The quantitative estimate of drug-likeness (QED) is 0.499. The first-order valence-electron chi connectivity index (χ1n) is 9.86. The highest BCUT2D eigenvalue weighted by Gasteiger charge is 2.19. The lowest BCUT2D eigenvalue weighted by Gasteiger charge is -2.08. The Bertz CT molecular complexity index is 1350. The van der Waals surface area contributed by atoms with Crippen LogP contribution in [0.5, 0.6) is 0 Å². The molecule has 31 heavy (non-hydrogen) atoms. The van der Waals surface area contributed by atoms with E-state index in [0.717, 1.165) is 11.1 Å². The summed E-state index contributed by atoms with van der Waals surface area (Å²) in [7, 11) is 0. The van der Waals surface area contributed by atoms with Gasteiger partial charge in [-0.05, 0) is 56.7 Å². The second kappa shape index (κ2) is 8.03. The lowest BCUT2D eigenvalue weighted by molar-refractivity contribution is -0.116. The number of aromatic nitrogens is 4. The number of hydrogen-bond donors (Lipinski definition) is 1. The summed E-state index contributed by atoms with van der Waals surface area (Å²) in [6.45, 7) is 7.31. The molecular weight excluding hydrogens is 418 g/mol. The van der Waals surface area contributed by atoms with E-state index < -0.39 is 0 Å². The van der Waals surface area contributed by atoms with Crippen molar-refractivity contribution in [3.05, 3.63) is 63.4 Å². The first kappa shape index (κ1) is 20.9. The van der Waals surface area contributed by atoms with Crippen LogP contribution in [0.15, 0.2) is 45.7 Å². The van der Waals surface area contributed by atoms with Gasteiger partial charge in [-0.3, -0.25) is 13.9 Å². The van der Waals surface area contributed by atoms with Crippen molar-refractivity contribution in [3.63, 3.8) is 0 Å². The highest BCUT2D eigenvalue weighted by molar-refractivity contribution is 6.31. The Kier molecular flexibility index (Phi) is 5.41. The van der Waals surface area contributed by atoms with E-state index in [1.54, 1.807) is 29.7 Å². The van der Waals surface area contributed by atoms with E-state index in [1.807, 2.05) is 39.0 Å². The Morgan fingerprint density at radius 2 is 1.94 bits per heavy atom. The monoisotopic (exact) mass is 439 g/mol. The Labute approximate surface area is 183 Å². The lowest BCUT2D eigenvalue weighted by Crippen LogP contribution is -2.30. The van der Waals surface area contributed by atoms with Crippen LogP contribution in [0, 0.1) is 13.8 Å². The molecule has 4 rings (SSSR count). The number of halogens is 1. The Morgan fingerprint density at radius 3 is 2.58 bits per heavy atom. The molecule has 1 N–H and O–H groups in total. The average molecular weight is 440 g/mol. The van der Waals surface area contributed by atoms with Gasteiger partial charge in [0.1, 0.15) is 6.54 Å². The fraction of sp³-hybridized carbons (Fsp3) is 0.273. The third-order valence-electron chi connectivity index (χ3n) is 5.02. The first-order chi connectivity index (χ1) is 14.7. The molecule has 0 aliphatic heterocycles. The lowest BCUT2D eigenvalue weighted by atomic mass is 10.2. The number of imidazole rings is 1. The largest absolute Gasteiger partial charge is 0.339 e. The zero-order chi connectivity index (χ0) is 22.3. The fourth-order valence-corrected chi connectivity index (χ4v) is 3.68. The zero-order valence-corrected chi connectivity index (χ0v) is 18.4. The molecule has 8 nitrogen and oxygen atoms in total. The Morgan fingerprint density at radius 1 is 1.16 bits per heavy atom. The van der Waals surface area contributed by atoms with E-state index in [9.17, 15) is 9.59 Å². The second-order valence-corrected chi connectivity index (χ2v) is 8.09. The topological polar surface area (TPSA) is 95.0 Å². The summed E-state index contributed by atoms with van der Waals surface area (Å²) in [6.07, 6.45) is 0. The number of amides is 1. The van der Waals surface area contributed by atoms with Gasteiger partial charge in [0.25, 0.3) is 0 Å². The molecule has 160 valence electrons. The minimum Gasteiger partial charge on any atom is -0.339 e. The van der Waals surface area contributed by atoms with E-state index >= 15 is 0 Å². The number of anilines is 1. The van der Waals surface area contributed by atoms with Gasteiger partial charge < -0.3 is 9.84 Å². The van der Waals surface area contributed by atoms with Crippen molar-refractivity contribution < 1.29 is 9.32 Å². The number of rotatable bonds is 5. The SMILES string of the molecule is Cc1nc(-c2ccc3c(c2)n(CC(=O)Nc2ccc(C)c(Cl)c2)c(=O)n3C(C)C)no1. The van der Waals surface area contributed by atoms with Crippen molar-refractivity contribution in [2.24, 2.45) is 0 Å². The minimum atomic E-state index is -0.328. The van der Waals surface area contributed by atoms with E-state index in [0.29, 0.717) is 33.5 Å². The fourth-order valence-electron chi connectivity index (χ4n) is 3.50. The van der Waals surface area contributed by atoms with E-state index in [4.69, 9.17) is 16.1 Å². The molecule has 0 saturated heterocycles. The number of aryl methyl sites for hydroxylation is 2. The average Bonchev–Trinajstić information content (AvgIpc) is 3.26. The molecule has 2 aromatic heterocycles. The summed E-state index contributed by atoms with van der Waals surface area (Å²) in [6, 6.07) is 10.7. The highest BCUT2D eigenvalue weighted by atomic mass is 35.5. The number of nitrogens with one attached hydrogen (secondary N) is 1. The maximum atomic E-state index is 13.1. The van der Waals surface area contributed by atoms with E-state index in [1.165, 1.54) is 4.57 Å².